The summed E-state index contributed by atoms with van der Waals surface area (Å²) in [7, 11) is 0. The normalized spacial score (nSPS) is 17.4. The molecule has 1 nitrogen and oxygen atoms in total. The van der Waals surface area contributed by atoms with Crippen molar-refractivity contribution >= 4 is 5.78 Å². The molecule has 2 aromatic rings. The van der Waals surface area contributed by atoms with Crippen LogP contribution < -0.4 is 0 Å². The van der Waals surface area contributed by atoms with Crippen molar-refractivity contribution in [2.24, 2.45) is 0 Å². The molecule has 0 saturated heterocycles. The lowest BCUT2D eigenvalue weighted by Crippen LogP contribution is -2.37. The Hall–Kier alpha value is -2.15. The van der Waals surface area contributed by atoms with Crippen molar-refractivity contribution in [3.8, 4) is 0 Å². The van der Waals surface area contributed by atoms with Gasteiger partial charge in [-0.2, -0.15) is 0 Å². The van der Waals surface area contributed by atoms with Crippen molar-refractivity contribution in [2.75, 3.05) is 0 Å². The molecule has 0 atom stereocenters. The third-order valence-corrected chi connectivity index (χ3v) is 3.91. The Labute approximate surface area is 113 Å². The van der Waals surface area contributed by atoms with E-state index in [9.17, 15) is 4.79 Å². The highest BCUT2D eigenvalue weighted by Gasteiger charge is 2.40. The van der Waals surface area contributed by atoms with E-state index in [1.165, 1.54) is 0 Å². The zero-order valence-electron chi connectivity index (χ0n) is 10.8. The minimum Gasteiger partial charge on any atom is -0.293 e. The molecule has 1 heteroatoms. The summed E-state index contributed by atoms with van der Waals surface area (Å²) in [6.07, 6.45) is 5.50. The maximum absolute atomic E-state index is 12.6. The van der Waals surface area contributed by atoms with Gasteiger partial charge in [0.25, 0.3) is 0 Å². The van der Waals surface area contributed by atoms with Gasteiger partial charge in [-0.15, -0.1) is 0 Å². The molecule has 0 fully saturated rings. The zero-order valence-corrected chi connectivity index (χ0v) is 10.8. The molecule has 0 amide bonds. The lowest BCUT2D eigenvalue weighted by molar-refractivity contribution is -0.119. The lowest BCUT2D eigenvalue weighted by Gasteiger charge is -2.34. The second-order valence-corrected chi connectivity index (χ2v) is 4.94. The van der Waals surface area contributed by atoms with Crippen molar-refractivity contribution in [3.63, 3.8) is 0 Å². The first-order valence-electron chi connectivity index (χ1n) is 6.66. The van der Waals surface area contributed by atoms with E-state index < -0.39 is 5.41 Å². The predicted octanol–water partition coefficient (Wildman–Crippen LogP) is 3.89. The average molecular weight is 248 g/mol. The highest BCUT2D eigenvalue weighted by Crippen LogP contribution is 2.40. The molecule has 0 bridgehead atoms. The van der Waals surface area contributed by atoms with Crippen molar-refractivity contribution in [3.05, 3.63) is 83.9 Å². The monoisotopic (exact) mass is 248 g/mol. The molecule has 94 valence electrons. The molecular formula is C18H16O. The van der Waals surface area contributed by atoms with Crippen molar-refractivity contribution in [1.82, 2.24) is 0 Å². The van der Waals surface area contributed by atoms with Crippen LogP contribution in [0.1, 0.15) is 24.0 Å². The summed E-state index contributed by atoms with van der Waals surface area (Å²) in [5.74, 6) is 0.191. The third-order valence-electron chi connectivity index (χ3n) is 3.91. The van der Waals surface area contributed by atoms with Crippen LogP contribution in [0.4, 0.5) is 0 Å². The summed E-state index contributed by atoms with van der Waals surface area (Å²) in [4.78, 5) is 12.6. The first-order valence-corrected chi connectivity index (χ1v) is 6.66. The molecule has 0 aliphatic heterocycles. The number of hydrogen-bond acceptors (Lipinski definition) is 1. The van der Waals surface area contributed by atoms with Gasteiger partial charge in [0.2, 0.25) is 0 Å². The molecule has 0 aromatic heterocycles. The summed E-state index contributed by atoms with van der Waals surface area (Å²) >= 11 is 0. The highest BCUT2D eigenvalue weighted by atomic mass is 16.1. The van der Waals surface area contributed by atoms with E-state index >= 15 is 0 Å². The number of rotatable bonds is 2. The van der Waals surface area contributed by atoms with Crippen LogP contribution in [-0.2, 0) is 10.2 Å². The van der Waals surface area contributed by atoms with Gasteiger partial charge >= 0.3 is 0 Å². The van der Waals surface area contributed by atoms with Crippen LogP contribution in [-0.4, -0.2) is 5.78 Å². The van der Waals surface area contributed by atoms with Crippen LogP contribution in [0.5, 0.6) is 0 Å². The fourth-order valence-electron chi connectivity index (χ4n) is 2.94. The van der Waals surface area contributed by atoms with E-state index in [1.807, 2.05) is 42.5 Å². The van der Waals surface area contributed by atoms with Gasteiger partial charge in [0.1, 0.15) is 0 Å². The standard InChI is InChI=1S/C18H16O/c19-17-13-7-8-14-18(17,15-9-3-1-4-10-15)16-11-5-2-6-12-16/h1-7,9-13H,8,14H2. The van der Waals surface area contributed by atoms with Gasteiger partial charge in [-0.25, -0.2) is 0 Å². The van der Waals surface area contributed by atoms with Gasteiger partial charge in [0, 0.05) is 0 Å². The summed E-state index contributed by atoms with van der Waals surface area (Å²) in [5, 5.41) is 0. The summed E-state index contributed by atoms with van der Waals surface area (Å²) in [6.45, 7) is 0. The molecule has 0 unspecified atom stereocenters. The van der Waals surface area contributed by atoms with Crippen LogP contribution in [0.3, 0.4) is 0 Å². The number of ketones is 1. The molecular weight excluding hydrogens is 232 g/mol. The number of carbonyl (C=O) groups excluding carboxylic acids is 1. The minimum absolute atomic E-state index is 0.191. The van der Waals surface area contributed by atoms with Gasteiger partial charge in [-0.05, 0) is 30.0 Å². The second kappa shape index (κ2) is 4.85. The van der Waals surface area contributed by atoms with Gasteiger partial charge in [-0.3, -0.25) is 4.79 Å². The fourth-order valence-corrected chi connectivity index (χ4v) is 2.94. The minimum atomic E-state index is -0.503. The number of allylic oxidation sites excluding steroid dienone is 2. The van der Waals surface area contributed by atoms with Crippen molar-refractivity contribution in [2.45, 2.75) is 18.3 Å². The summed E-state index contributed by atoms with van der Waals surface area (Å²) in [6, 6.07) is 20.2. The van der Waals surface area contributed by atoms with Crippen LogP contribution in [0.25, 0.3) is 0 Å². The van der Waals surface area contributed by atoms with Crippen molar-refractivity contribution < 1.29 is 4.79 Å². The van der Waals surface area contributed by atoms with Crippen LogP contribution >= 0.6 is 0 Å². The number of benzene rings is 2. The van der Waals surface area contributed by atoms with E-state index in [-0.39, 0.29) is 5.78 Å². The van der Waals surface area contributed by atoms with Crippen LogP contribution in [0, 0.1) is 0 Å². The molecule has 1 aliphatic rings. The molecule has 0 N–H and O–H groups in total. The Balaban J connectivity index is 2.22. The smallest absolute Gasteiger partial charge is 0.170 e. The Bertz CT molecular complexity index is 557. The van der Waals surface area contributed by atoms with Gasteiger partial charge < -0.3 is 0 Å². The zero-order chi connectivity index (χ0) is 13.1. The quantitative estimate of drug-likeness (QED) is 0.788. The van der Waals surface area contributed by atoms with E-state index in [0.717, 1.165) is 24.0 Å². The molecule has 0 spiro atoms. The van der Waals surface area contributed by atoms with Gasteiger partial charge in [-0.1, -0.05) is 66.7 Å². The van der Waals surface area contributed by atoms with Gasteiger partial charge in [0.15, 0.2) is 5.78 Å². The Morgan fingerprint density at radius 1 is 0.789 bits per heavy atom. The molecule has 0 saturated carbocycles. The first kappa shape index (κ1) is 11.9. The molecule has 2 aromatic carbocycles. The molecule has 19 heavy (non-hydrogen) atoms. The Morgan fingerprint density at radius 2 is 1.32 bits per heavy atom. The van der Waals surface area contributed by atoms with E-state index in [4.69, 9.17) is 0 Å². The van der Waals surface area contributed by atoms with E-state index in [2.05, 4.69) is 24.3 Å². The maximum atomic E-state index is 12.6. The largest absolute Gasteiger partial charge is 0.293 e. The predicted molar refractivity (Wildman–Crippen MR) is 77.0 cm³/mol. The fraction of sp³-hybridized carbons (Fsp3) is 0.167. The lowest BCUT2D eigenvalue weighted by atomic mass is 9.66. The first-order chi connectivity index (χ1) is 9.34. The highest BCUT2D eigenvalue weighted by molar-refractivity contribution is 6.02. The molecule has 0 radical (unpaired) electrons. The third kappa shape index (κ3) is 1.91. The molecule has 1 aliphatic carbocycles. The number of carbonyl (C=O) groups is 1. The van der Waals surface area contributed by atoms with Crippen LogP contribution in [0.2, 0.25) is 0 Å². The van der Waals surface area contributed by atoms with E-state index in [1.54, 1.807) is 6.08 Å². The van der Waals surface area contributed by atoms with Crippen molar-refractivity contribution in [1.29, 1.82) is 0 Å². The Kier molecular flexibility index (Phi) is 3.04. The van der Waals surface area contributed by atoms with Gasteiger partial charge in [0.05, 0.1) is 5.41 Å². The average Bonchev–Trinajstić information content (AvgIpc) is 2.50. The topological polar surface area (TPSA) is 17.1 Å². The molecule has 0 heterocycles. The summed E-state index contributed by atoms with van der Waals surface area (Å²) < 4.78 is 0. The molecule has 3 rings (SSSR count). The number of hydrogen-bond donors (Lipinski definition) is 0. The SMILES string of the molecule is O=C1C=CCCC1(c1ccccc1)c1ccccc1. The summed E-state index contributed by atoms with van der Waals surface area (Å²) in [5.41, 5.74) is 1.68. The second-order valence-electron chi connectivity index (χ2n) is 4.94. The van der Waals surface area contributed by atoms with Crippen LogP contribution in [0.15, 0.2) is 72.8 Å². The van der Waals surface area contributed by atoms with E-state index in [0.29, 0.717) is 0 Å². The maximum Gasteiger partial charge on any atom is 0.170 e. The Morgan fingerprint density at radius 3 is 1.79 bits per heavy atom.